The van der Waals surface area contributed by atoms with Crippen molar-refractivity contribution in [3.63, 3.8) is 0 Å². The van der Waals surface area contributed by atoms with Gasteiger partial charge in [-0.15, -0.1) is 0 Å². The zero-order valence-corrected chi connectivity index (χ0v) is 14.7. The molecule has 3 aliphatic heterocycles. The van der Waals surface area contributed by atoms with Gasteiger partial charge < -0.3 is 4.57 Å². The number of hydrogen-bond acceptors (Lipinski definition) is 2. The lowest BCUT2D eigenvalue weighted by molar-refractivity contribution is 0.0179. The highest BCUT2D eigenvalue weighted by molar-refractivity contribution is 5.29. The van der Waals surface area contributed by atoms with Crippen LogP contribution in [0, 0.1) is 5.92 Å². The van der Waals surface area contributed by atoms with Crippen LogP contribution in [0.3, 0.4) is 0 Å². The SMILES string of the molecule is O=c1c(Cc2ccccc2)ccc2n1C[C@H]1CCCN3CCC[C@H]2[C@H]13. The Kier molecular flexibility index (Phi) is 3.78. The number of pyridine rings is 1. The fraction of sp³-hybridized carbons (Fsp3) is 0.500. The molecule has 0 unspecified atom stereocenters. The summed E-state index contributed by atoms with van der Waals surface area (Å²) < 4.78 is 2.14. The number of aromatic nitrogens is 1. The van der Waals surface area contributed by atoms with E-state index < -0.39 is 0 Å². The van der Waals surface area contributed by atoms with Crippen molar-refractivity contribution in [1.29, 1.82) is 0 Å². The number of benzene rings is 1. The second-order valence-corrected chi connectivity index (χ2v) is 8.04. The van der Waals surface area contributed by atoms with Crippen LogP contribution in [-0.2, 0) is 13.0 Å². The Hall–Kier alpha value is -1.87. The Labute approximate surface area is 149 Å². The molecule has 2 fully saturated rings. The largest absolute Gasteiger partial charge is 0.312 e. The summed E-state index contributed by atoms with van der Waals surface area (Å²) >= 11 is 0. The van der Waals surface area contributed by atoms with E-state index in [9.17, 15) is 4.79 Å². The molecule has 0 saturated carbocycles. The molecular weight excluding hydrogens is 308 g/mol. The van der Waals surface area contributed by atoms with Crippen LogP contribution in [0.2, 0.25) is 0 Å². The summed E-state index contributed by atoms with van der Waals surface area (Å²) in [5.74, 6) is 1.22. The number of rotatable bonds is 2. The van der Waals surface area contributed by atoms with Crippen LogP contribution in [0.5, 0.6) is 0 Å². The molecule has 3 aliphatic rings. The molecule has 4 heterocycles. The third-order valence-corrected chi connectivity index (χ3v) is 6.62. The number of nitrogens with zero attached hydrogens (tertiary/aromatic N) is 2. The third-order valence-electron chi connectivity index (χ3n) is 6.62. The first kappa shape index (κ1) is 15.4. The van der Waals surface area contributed by atoms with E-state index in [1.807, 2.05) is 6.07 Å². The van der Waals surface area contributed by atoms with E-state index in [4.69, 9.17) is 0 Å². The van der Waals surface area contributed by atoms with Crippen molar-refractivity contribution in [1.82, 2.24) is 9.47 Å². The van der Waals surface area contributed by atoms with Gasteiger partial charge in [0.2, 0.25) is 0 Å². The van der Waals surface area contributed by atoms with Crippen molar-refractivity contribution >= 4 is 0 Å². The average molecular weight is 334 g/mol. The van der Waals surface area contributed by atoms with Gasteiger partial charge in [-0.25, -0.2) is 0 Å². The van der Waals surface area contributed by atoms with Gasteiger partial charge in [-0.3, -0.25) is 9.69 Å². The van der Waals surface area contributed by atoms with Crippen LogP contribution >= 0.6 is 0 Å². The topological polar surface area (TPSA) is 25.2 Å². The summed E-state index contributed by atoms with van der Waals surface area (Å²) in [6, 6.07) is 15.4. The Morgan fingerprint density at radius 3 is 2.60 bits per heavy atom. The lowest BCUT2D eigenvalue weighted by Crippen LogP contribution is -2.56. The van der Waals surface area contributed by atoms with E-state index in [0.29, 0.717) is 17.9 Å². The van der Waals surface area contributed by atoms with E-state index in [-0.39, 0.29) is 5.56 Å². The lowest BCUT2D eigenvalue weighted by atomic mass is 9.72. The average Bonchev–Trinajstić information content (AvgIpc) is 2.66. The zero-order valence-electron chi connectivity index (χ0n) is 14.7. The number of hydrogen-bond donors (Lipinski definition) is 0. The molecule has 5 rings (SSSR count). The van der Waals surface area contributed by atoms with Crippen LogP contribution in [-0.4, -0.2) is 28.6 Å². The van der Waals surface area contributed by atoms with Crippen LogP contribution < -0.4 is 5.56 Å². The van der Waals surface area contributed by atoms with Gasteiger partial charge >= 0.3 is 0 Å². The van der Waals surface area contributed by atoms with Gasteiger partial charge in [0.1, 0.15) is 0 Å². The highest BCUT2D eigenvalue weighted by Crippen LogP contribution is 2.43. The van der Waals surface area contributed by atoms with E-state index >= 15 is 0 Å². The first-order valence-corrected chi connectivity index (χ1v) is 9.82. The van der Waals surface area contributed by atoms with Crippen molar-refractivity contribution in [2.45, 2.75) is 50.6 Å². The van der Waals surface area contributed by atoms with Gasteiger partial charge in [0, 0.05) is 36.2 Å². The summed E-state index contributed by atoms with van der Waals surface area (Å²) in [6.45, 7) is 3.44. The maximum absolute atomic E-state index is 13.2. The molecule has 1 aromatic carbocycles. The number of piperidine rings is 2. The molecule has 0 aliphatic carbocycles. The maximum Gasteiger partial charge on any atom is 0.254 e. The normalized spacial score (nSPS) is 28.2. The molecular formula is C22H26N2O. The minimum atomic E-state index is 0.252. The lowest BCUT2D eigenvalue weighted by Gasteiger charge is -2.52. The van der Waals surface area contributed by atoms with E-state index in [0.717, 1.165) is 18.5 Å². The molecule has 2 saturated heterocycles. The highest BCUT2D eigenvalue weighted by Gasteiger charge is 2.44. The fourth-order valence-corrected chi connectivity index (χ4v) is 5.56. The van der Waals surface area contributed by atoms with Crippen molar-refractivity contribution in [3.05, 3.63) is 69.6 Å². The molecule has 25 heavy (non-hydrogen) atoms. The first-order valence-electron chi connectivity index (χ1n) is 9.82. The Balaban J connectivity index is 1.54. The van der Waals surface area contributed by atoms with Crippen LogP contribution in [0.1, 0.15) is 48.4 Å². The van der Waals surface area contributed by atoms with E-state index in [1.165, 1.54) is 50.0 Å². The van der Waals surface area contributed by atoms with Crippen molar-refractivity contribution in [3.8, 4) is 0 Å². The summed E-state index contributed by atoms with van der Waals surface area (Å²) in [7, 11) is 0. The quantitative estimate of drug-likeness (QED) is 0.841. The molecule has 0 radical (unpaired) electrons. The molecule has 0 N–H and O–H groups in total. The standard InChI is InChI=1S/C22H26N2O/c25-22-17(14-16-6-2-1-3-7-16)10-11-20-19-9-5-13-23-12-4-8-18(21(19)23)15-24(20)22/h1-3,6-7,10-11,18-19,21H,4-5,8-9,12-15H2/t18-,19-,21+/m1/s1. The monoisotopic (exact) mass is 334 g/mol. The second-order valence-electron chi connectivity index (χ2n) is 8.04. The predicted octanol–water partition coefficient (Wildman–Crippen LogP) is 3.41. The Morgan fingerprint density at radius 2 is 1.76 bits per heavy atom. The molecule has 2 aromatic rings. The van der Waals surface area contributed by atoms with Crippen molar-refractivity contribution in [2.24, 2.45) is 5.92 Å². The summed E-state index contributed by atoms with van der Waals surface area (Å²) in [5.41, 5.74) is 3.71. The van der Waals surface area contributed by atoms with Crippen LogP contribution in [0.25, 0.3) is 0 Å². The smallest absolute Gasteiger partial charge is 0.254 e. The van der Waals surface area contributed by atoms with Crippen LogP contribution in [0.15, 0.2) is 47.3 Å². The fourth-order valence-electron chi connectivity index (χ4n) is 5.56. The molecule has 3 atom stereocenters. The van der Waals surface area contributed by atoms with Crippen LogP contribution in [0.4, 0.5) is 0 Å². The zero-order chi connectivity index (χ0) is 16.8. The third kappa shape index (κ3) is 2.56. The molecule has 3 nitrogen and oxygen atoms in total. The highest BCUT2D eigenvalue weighted by atomic mass is 16.1. The van der Waals surface area contributed by atoms with E-state index in [2.05, 4.69) is 45.9 Å². The van der Waals surface area contributed by atoms with E-state index in [1.54, 1.807) is 0 Å². The summed E-state index contributed by atoms with van der Waals surface area (Å²) in [6.07, 6.45) is 5.84. The maximum atomic E-state index is 13.2. The molecule has 1 aromatic heterocycles. The molecule has 0 spiro atoms. The Morgan fingerprint density at radius 1 is 0.960 bits per heavy atom. The minimum Gasteiger partial charge on any atom is -0.312 e. The van der Waals surface area contributed by atoms with Gasteiger partial charge in [0.15, 0.2) is 0 Å². The van der Waals surface area contributed by atoms with Gasteiger partial charge in [-0.2, -0.15) is 0 Å². The molecule has 0 amide bonds. The second kappa shape index (κ2) is 6.14. The summed E-state index contributed by atoms with van der Waals surface area (Å²) in [4.78, 5) is 15.9. The number of fused-ring (bicyclic) bond motifs is 2. The molecule has 0 bridgehead atoms. The molecule has 130 valence electrons. The first-order chi connectivity index (χ1) is 12.3. The van der Waals surface area contributed by atoms with Gasteiger partial charge in [-0.1, -0.05) is 36.4 Å². The molecule has 3 heteroatoms. The van der Waals surface area contributed by atoms with Gasteiger partial charge in [0.05, 0.1) is 0 Å². The minimum absolute atomic E-state index is 0.252. The van der Waals surface area contributed by atoms with Crippen molar-refractivity contribution < 1.29 is 0 Å². The summed E-state index contributed by atoms with van der Waals surface area (Å²) in [5, 5.41) is 0. The van der Waals surface area contributed by atoms with Gasteiger partial charge in [-0.05, 0) is 56.3 Å². The van der Waals surface area contributed by atoms with Crippen molar-refractivity contribution in [2.75, 3.05) is 13.1 Å². The predicted molar refractivity (Wildman–Crippen MR) is 100 cm³/mol. The Bertz CT molecular complexity index is 824. The van der Waals surface area contributed by atoms with Gasteiger partial charge in [0.25, 0.3) is 5.56 Å².